The molecule has 0 aliphatic carbocycles. The summed E-state index contributed by atoms with van der Waals surface area (Å²) in [5, 5.41) is 10.5. The zero-order valence-electron chi connectivity index (χ0n) is 15.0. The topological polar surface area (TPSA) is 58.5 Å². The summed E-state index contributed by atoms with van der Waals surface area (Å²) in [6.45, 7) is 5.78. The van der Waals surface area contributed by atoms with Gasteiger partial charge >= 0.3 is 0 Å². The average Bonchev–Trinajstić information content (AvgIpc) is 3.29. The molecule has 3 heterocycles. The van der Waals surface area contributed by atoms with Crippen molar-refractivity contribution in [3.8, 4) is 0 Å². The normalized spacial score (nSPS) is 17.6. The lowest BCUT2D eigenvalue weighted by Gasteiger charge is -2.28. The number of carbonyl (C=O) groups is 1. The molecule has 26 heavy (non-hydrogen) atoms. The lowest BCUT2D eigenvalue weighted by Crippen LogP contribution is -2.36. The van der Waals surface area contributed by atoms with Gasteiger partial charge in [0.05, 0.1) is 22.8 Å². The fraction of sp³-hybridized carbons (Fsp3) is 0.300. The fourth-order valence-corrected chi connectivity index (χ4v) is 3.76. The van der Waals surface area contributed by atoms with Crippen LogP contribution in [0.3, 0.4) is 0 Å². The molecule has 2 aromatic heterocycles. The maximum Gasteiger partial charge on any atom is 0.248 e. The standard InChI is InChI=1S/C20H20N4OS/c1-20(2,3)19(25)24-18(11-16(23-24)14-6-9-26-12-14)13-4-5-15-17(10-13)22-8-7-21-15/h4-10,12,18H,11H2,1-3H3. The summed E-state index contributed by atoms with van der Waals surface area (Å²) in [5.74, 6) is 0.0203. The van der Waals surface area contributed by atoms with Crippen LogP contribution < -0.4 is 0 Å². The molecule has 0 saturated heterocycles. The molecule has 3 aromatic rings. The minimum Gasteiger partial charge on any atom is -0.272 e. The summed E-state index contributed by atoms with van der Waals surface area (Å²) in [5.41, 5.74) is 4.25. The van der Waals surface area contributed by atoms with Crippen LogP contribution in [-0.2, 0) is 4.79 Å². The van der Waals surface area contributed by atoms with Crippen LogP contribution >= 0.6 is 11.3 Å². The van der Waals surface area contributed by atoms with Crippen LogP contribution in [0.4, 0.5) is 0 Å². The van der Waals surface area contributed by atoms with Crippen LogP contribution in [0.1, 0.15) is 44.4 Å². The number of benzene rings is 1. The van der Waals surface area contributed by atoms with Crippen LogP contribution in [0.25, 0.3) is 11.0 Å². The number of rotatable bonds is 2. The van der Waals surface area contributed by atoms with E-state index < -0.39 is 5.41 Å². The quantitative estimate of drug-likeness (QED) is 0.676. The van der Waals surface area contributed by atoms with Gasteiger partial charge in [-0.05, 0) is 34.5 Å². The van der Waals surface area contributed by atoms with Crippen molar-refractivity contribution in [1.29, 1.82) is 0 Å². The van der Waals surface area contributed by atoms with Crippen LogP contribution in [0.2, 0.25) is 0 Å². The Morgan fingerprint density at radius 3 is 2.62 bits per heavy atom. The number of amides is 1. The van der Waals surface area contributed by atoms with Crippen molar-refractivity contribution in [2.24, 2.45) is 10.5 Å². The van der Waals surface area contributed by atoms with Gasteiger partial charge in [-0.15, -0.1) is 0 Å². The second-order valence-corrected chi connectivity index (χ2v) is 8.26. The highest BCUT2D eigenvalue weighted by Crippen LogP contribution is 2.36. The molecular weight excluding hydrogens is 344 g/mol. The zero-order chi connectivity index (χ0) is 18.3. The largest absolute Gasteiger partial charge is 0.272 e. The van der Waals surface area contributed by atoms with Gasteiger partial charge in [0.25, 0.3) is 0 Å². The van der Waals surface area contributed by atoms with Gasteiger partial charge in [0, 0.05) is 29.8 Å². The first kappa shape index (κ1) is 16.8. The highest BCUT2D eigenvalue weighted by Gasteiger charge is 2.38. The lowest BCUT2D eigenvalue weighted by atomic mass is 9.93. The van der Waals surface area contributed by atoms with Crippen molar-refractivity contribution in [2.45, 2.75) is 33.2 Å². The number of carbonyl (C=O) groups excluding carboxylic acids is 1. The molecule has 5 nitrogen and oxygen atoms in total. The molecule has 6 heteroatoms. The minimum absolute atomic E-state index is 0.0203. The Labute approximate surface area is 156 Å². The van der Waals surface area contributed by atoms with E-state index in [2.05, 4.69) is 21.4 Å². The Balaban J connectivity index is 1.76. The van der Waals surface area contributed by atoms with Crippen molar-refractivity contribution in [1.82, 2.24) is 15.0 Å². The van der Waals surface area contributed by atoms with Gasteiger partial charge in [-0.3, -0.25) is 14.8 Å². The van der Waals surface area contributed by atoms with Gasteiger partial charge < -0.3 is 0 Å². The number of nitrogens with zero attached hydrogens (tertiary/aromatic N) is 4. The highest BCUT2D eigenvalue weighted by molar-refractivity contribution is 7.08. The molecule has 1 aliphatic heterocycles. The van der Waals surface area contributed by atoms with Crippen LogP contribution in [0.5, 0.6) is 0 Å². The summed E-state index contributed by atoms with van der Waals surface area (Å²) < 4.78 is 0. The summed E-state index contributed by atoms with van der Waals surface area (Å²) in [7, 11) is 0. The first-order valence-corrected chi connectivity index (χ1v) is 9.52. The molecule has 1 aliphatic rings. The number of aromatic nitrogens is 2. The van der Waals surface area contributed by atoms with Crippen LogP contribution in [0, 0.1) is 5.41 Å². The third-order valence-corrected chi connectivity index (χ3v) is 5.18. The van der Waals surface area contributed by atoms with Gasteiger partial charge in [-0.2, -0.15) is 16.4 Å². The maximum absolute atomic E-state index is 13.0. The predicted octanol–water partition coefficient (Wildman–Crippen LogP) is 4.42. The third-order valence-electron chi connectivity index (χ3n) is 4.49. The summed E-state index contributed by atoms with van der Waals surface area (Å²) in [6.07, 6.45) is 4.07. The van der Waals surface area contributed by atoms with E-state index >= 15 is 0 Å². The molecule has 0 spiro atoms. The van der Waals surface area contributed by atoms with E-state index in [0.29, 0.717) is 6.42 Å². The molecule has 0 radical (unpaired) electrons. The number of thiophene rings is 1. The van der Waals surface area contributed by atoms with Gasteiger partial charge in [0.1, 0.15) is 0 Å². The van der Waals surface area contributed by atoms with Gasteiger partial charge in [-0.1, -0.05) is 26.8 Å². The van der Waals surface area contributed by atoms with Crippen molar-refractivity contribution in [3.05, 3.63) is 58.5 Å². The van der Waals surface area contributed by atoms with Crippen molar-refractivity contribution in [3.63, 3.8) is 0 Å². The molecule has 1 atom stereocenters. The van der Waals surface area contributed by atoms with E-state index in [0.717, 1.165) is 27.9 Å². The molecule has 4 rings (SSSR count). The number of hydrogen-bond acceptors (Lipinski definition) is 5. The van der Waals surface area contributed by atoms with Crippen molar-refractivity contribution < 1.29 is 4.79 Å². The molecule has 0 fully saturated rings. The van der Waals surface area contributed by atoms with Crippen molar-refractivity contribution in [2.75, 3.05) is 0 Å². The van der Waals surface area contributed by atoms with Crippen molar-refractivity contribution >= 4 is 34.0 Å². The lowest BCUT2D eigenvalue weighted by molar-refractivity contribution is -0.141. The van der Waals surface area contributed by atoms with E-state index in [9.17, 15) is 4.79 Å². The molecule has 1 unspecified atom stereocenters. The second-order valence-electron chi connectivity index (χ2n) is 7.48. The Hall–Kier alpha value is -2.60. The van der Waals surface area contributed by atoms with Gasteiger partial charge in [0.2, 0.25) is 5.91 Å². The molecule has 0 N–H and O–H groups in total. The van der Waals surface area contributed by atoms with Gasteiger partial charge in [-0.25, -0.2) is 5.01 Å². The Bertz CT molecular complexity index is 988. The first-order chi connectivity index (χ1) is 12.4. The van der Waals surface area contributed by atoms with E-state index in [1.807, 2.05) is 44.4 Å². The summed E-state index contributed by atoms with van der Waals surface area (Å²) in [6, 6.07) is 7.93. The monoisotopic (exact) mass is 364 g/mol. The zero-order valence-corrected chi connectivity index (χ0v) is 15.8. The van der Waals surface area contributed by atoms with Gasteiger partial charge in [0.15, 0.2) is 0 Å². The maximum atomic E-state index is 13.0. The van der Waals surface area contributed by atoms with E-state index in [1.165, 1.54) is 0 Å². The SMILES string of the molecule is CC(C)(C)C(=O)N1N=C(c2ccsc2)CC1c1ccc2nccnc2c1. The Morgan fingerprint density at radius 2 is 1.92 bits per heavy atom. The molecule has 0 saturated carbocycles. The van der Waals surface area contributed by atoms with Crippen LogP contribution in [0.15, 0.2) is 52.5 Å². The molecular formula is C20H20N4OS. The number of fused-ring (bicyclic) bond motifs is 1. The third kappa shape index (κ3) is 3.01. The molecule has 1 aromatic carbocycles. The molecule has 1 amide bonds. The average molecular weight is 364 g/mol. The number of hydrazone groups is 1. The Kier molecular flexibility index (Phi) is 4.07. The van der Waals surface area contributed by atoms with E-state index in [-0.39, 0.29) is 11.9 Å². The smallest absolute Gasteiger partial charge is 0.248 e. The fourth-order valence-electron chi connectivity index (χ4n) is 3.09. The molecule has 0 bridgehead atoms. The summed E-state index contributed by atoms with van der Waals surface area (Å²) in [4.78, 5) is 21.7. The Morgan fingerprint density at radius 1 is 1.15 bits per heavy atom. The first-order valence-electron chi connectivity index (χ1n) is 8.58. The summed E-state index contributed by atoms with van der Waals surface area (Å²) >= 11 is 1.64. The van der Waals surface area contributed by atoms with Crippen LogP contribution in [-0.4, -0.2) is 26.6 Å². The molecule has 132 valence electrons. The predicted molar refractivity (Wildman–Crippen MR) is 104 cm³/mol. The number of hydrogen-bond donors (Lipinski definition) is 0. The van der Waals surface area contributed by atoms with E-state index in [4.69, 9.17) is 5.10 Å². The second kappa shape index (κ2) is 6.29. The van der Waals surface area contributed by atoms with E-state index in [1.54, 1.807) is 28.7 Å². The minimum atomic E-state index is -0.498. The highest BCUT2D eigenvalue weighted by atomic mass is 32.1.